The first-order valence-electron chi connectivity index (χ1n) is 5.51. The third-order valence-electron chi connectivity index (χ3n) is 2.29. The summed E-state index contributed by atoms with van der Waals surface area (Å²) >= 11 is 0. The van der Waals surface area contributed by atoms with Crippen LogP contribution in [-0.2, 0) is 0 Å². The summed E-state index contributed by atoms with van der Waals surface area (Å²) in [5.41, 5.74) is 2.55. The van der Waals surface area contributed by atoms with Crippen molar-refractivity contribution in [3.05, 3.63) is 72.0 Å². The average molecular weight is 227 g/mol. The summed E-state index contributed by atoms with van der Waals surface area (Å²) in [6, 6.07) is 7.47. The summed E-state index contributed by atoms with van der Waals surface area (Å²) in [4.78, 5) is 11.9. The van der Waals surface area contributed by atoms with Crippen molar-refractivity contribution in [3.8, 4) is 0 Å². The lowest BCUT2D eigenvalue weighted by Gasteiger charge is -2.05. The van der Waals surface area contributed by atoms with Gasteiger partial charge in [-0.15, -0.1) is 0 Å². The molecule has 0 atom stereocenters. The van der Waals surface area contributed by atoms with Crippen molar-refractivity contribution < 1.29 is 4.79 Å². The van der Waals surface area contributed by atoms with Gasteiger partial charge in [-0.1, -0.05) is 42.5 Å². The molecule has 2 heteroatoms. The molecule has 17 heavy (non-hydrogen) atoms. The zero-order valence-corrected chi connectivity index (χ0v) is 10.2. The molecule has 1 N–H and O–H groups in total. The number of nitrogens with one attached hydrogen (secondary N) is 1. The Morgan fingerprint density at radius 1 is 1.29 bits per heavy atom. The Hall–Kier alpha value is -2.09. The molecular weight excluding hydrogens is 210 g/mol. The Kier molecular flexibility index (Phi) is 4.95. The normalized spacial score (nSPS) is 11.5. The molecule has 0 saturated carbocycles. The highest BCUT2D eigenvalue weighted by molar-refractivity contribution is 5.95. The number of amides is 1. The topological polar surface area (TPSA) is 29.1 Å². The molecule has 0 radical (unpaired) electrons. The maximum absolute atomic E-state index is 11.9. The number of allylic oxidation sites excluding steroid dienone is 4. The van der Waals surface area contributed by atoms with Gasteiger partial charge in [0, 0.05) is 11.3 Å². The third-order valence-corrected chi connectivity index (χ3v) is 2.29. The molecule has 1 aromatic rings. The van der Waals surface area contributed by atoms with E-state index in [4.69, 9.17) is 0 Å². The smallest absolute Gasteiger partial charge is 0.255 e. The number of carbonyl (C=O) groups excluding carboxylic acids is 1. The minimum absolute atomic E-state index is 0.105. The molecule has 0 saturated heterocycles. The van der Waals surface area contributed by atoms with Gasteiger partial charge in [0.1, 0.15) is 0 Å². The van der Waals surface area contributed by atoms with E-state index in [-0.39, 0.29) is 5.91 Å². The van der Waals surface area contributed by atoms with Gasteiger partial charge in [0.2, 0.25) is 0 Å². The molecule has 0 heterocycles. The number of rotatable bonds is 4. The molecule has 0 spiro atoms. The highest BCUT2D eigenvalue weighted by Crippen LogP contribution is 2.04. The number of benzene rings is 1. The minimum atomic E-state index is -0.105. The van der Waals surface area contributed by atoms with Crippen LogP contribution in [-0.4, -0.2) is 5.91 Å². The quantitative estimate of drug-likeness (QED) is 0.785. The van der Waals surface area contributed by atoms with Crippen molar-refractivity contribution in [2.75, 3.05) is 0 Å². The second kappa shape index (κ2) is 6.48. The molecule has 88 valence electrons. The second-order valence-corrected chi connectivity index (χ2v) is 3.66. The standard InChI is InChI=1S/C15H17NO/c1-4-6-7-14(5-2)16-15(17)13-10-8-12(3)9-11-13/h4-11H,1H2,2-3H3,(H,16,17)/b7-6-,14-5+. The van der Waals surface area contributed by atoms with Gasteiger partial charge in [-0.2, -0.15) is 0 Å². The van der Waals surface area contributed by atoms with Gasteiger partial charge < -0.3 is 5.32 Å². The molecular formula is C15H17NO. The molecule has 1 aromatic carbocycles. The summed E-state index contributed by atoms with van der Waals surface area (Å²) in [6.45, 7) is 7.45. The fourth-order valence-electron chi connectivity index (χ4n) is 1.29. The van der Waals surface area contributed by atoms with E-state index >= 15 is 0 Å². The summed E-state index contributed by atoms with van der Waals surface area (Å²) in [5, 5.41) is 2.82. The van der Waals surface area contributed by atoms with Crippen molar-refractivity contribution in [3.63, 3.8) is 0 Å². The molecule has 0 aliphatic carbocycles. The van der Waals surface area contributed by atoms with Gasteiger partial charge in [-0.3, -0.25) is 4.79 Å². The summed E-state index contributed by atoms with van der Waals surface area (Å²) in [7, 11) is 0. The van der Waals surface area contributed by atoms with Crippen LogP contribution in [0.2, 0.25) is 0 Å². The monoisotopic (exact) mass is 227 g/mol. The molecule has 1 rings (SSSR count). The molecule has 0 aromatic heterocycles. The maximum atomic E-state index is 11.9. The lowest BCUT2D eigenvalue weighted by Crippen LogP contribution is -2.21. The fourth-order valence-corrected chi connectivity index (χ4v) is 1.29. The van der Waals surface area contributed by atoms with Crippen molar-refractivity contribution in [1.82, 2.24) is 5.32 Å². The van der Waals surface area contributed by atoms with E-state index in [1.165, 1.54) is 0 Å². The molecule has 2 nitrogen and oxygen atoms in total. The van der Waals surface area contributed by atoms with Crippen LogP contribution in [0, 0.1) is 6.92 Å². The molecule has 1 amide bonds. The van der Waals surface area contributed by atoms with E-state index < -0.39 is 0 Å². The van der Waals surface area contributed by atoms with Crippen molar-refractivity contribution in [1.29, 1.82) is 0 Å². The second-order valence-electron chi connectivity index (χ2n) is 3.66. The van der Waals surface area contributed by atoms with Crippen LogP contribution in [0.4, 0.5) is 0 Å². The van der Waals surface area contributed by atoms with Crippen molar-refractivity contribution in [2.45, 2.75) is 13.8 Å². The van der Waals surface area contributed by atoms with Gasteiger partial charge in [0.05, 0.1) is 0 Å². The highest BCUT2D eigenvalue weighted by atomic mass is 16.1. The van der Waals surface area contributed by atoms with E-state index in [9.17, 15) is 4.79 Å². The van der Waals surface area contributed by atoms with Crippen LogP contribution in [0.25, 0.3) is 0 Å². The third kappa shape index (κ3) is 4.11. The minimum Gasteiger partial charge on any atom is -0.322 e. The molecule has 0 bridgehead atoms. The van der Waals surface area contributed by atoms with Crippen molar-refractivity contribution >= 4 is 5.91 Å². The summed E-state index contributed by atoms with van der Waals surface area (Å²) < 4.78 is 0. The Morgan fingerprint density at radius 3 is 2.47 bits per heavy atom. The number of hydrogen-bond donors (Lipinski definition) is 1. The Balaban J connectivity index is 2.74. The number of carbonyl (C=O) groups is 1. The van der Waals surface area contributed by atoms with Crippen LogP contribution >= 0.6 is 0 Å². The van der Waals surface area contributed by atoms with Crippen LogP contribution in [0.3, 0.4) is 0 Å². The van der Waals surface area contributed by atoms with Crippen LogP contribution in [0.1, 0.15) is 22.8 Å². The highest BCUT2D eigenvalue weighted by Gasteiger charge is 2.04. The van der Waals surface area contributed by atoms with Gasteiger partial charge >= 0.3 is 0 Å². The average Bonchev–Trinajstić information content (AvgIpc) is 2.35. The van der Waals surface area contributed by atoms with E-state index in [0.717, 1.165) is 11.3 Å². The zero-order valence-electron chi connectivity index (χ0n) is 10.2. The van der Waals surface area contributed by atoms with E-state index in [0.29, 0.717) is 5.56 Å². The summed E-state index contributed by atoms with van der Waals surface area (Å²) in [5.74, 6) is -0.105. The predicted molar refractivity (Wildman–Crippen MR) is 71.7 cm³/mol. The van der Waals surface area contributed by atoms with Gasteiger partial charge in [-0.25, -0.2) is 0 Å². The van der Waals surface area contributed by atoms with Crippen molar-refractivity contribution in [2.24, 2.45) is 0 Å². The van der Waals surface area contributed by atoms with Gasteiger partial charge in [-0.05, 0) is 32.1 Å². The number of aryl methyl sites for hydroxylation is 1. The molecule has 0 aliphatic rings. The largest absolute Gasteiger partial charge is 0.322 e. The van der Waals surface area contributed by atoms with E-state index in [1.54, 1.807) is 18.2 Å². The van der Waals surface area contributed by atoms with Gasteiger partial charge in [0.25, 0.3) is 5.91 Å². The fraction of sp³-hybridized carbons (Fsp3) is 0.133. The lowest BCUT2D eigenvalue weighted by atomic mass is 10.1. The molecule has 0 aliphatic heterocycles. The molecule has 0 unspecified atom stereocenters. The predicted octanol–water partition coefficient (Wildman–Crippen LogP) is 3.37. The maximum Gasteiger partial charge on any atom is 0.255 e. The molecule has 0 fully saturated rings. The Morgan fingerprint density at radius 2 is 1.94 bits per heavy atom. The van der Waals surface area contributed by atoms with Crippen LogP contribution in [0.15, 0.2) is 60.8 Å². The first-order chi connectivity index (χ1) is 8.17. The number of hydrogen-bond acceptors (Lipinski definition) is 1. The van der Waals surface area contributed by atoms with E-state index in [1.807, 2.05) is 44.2 Å². The Labute approximate surface area is 102 Å². The Bertz CT molecular complexity index is 452. The van der Waals surface area contributed by atoms with Crippen LogP contribution in [0.5, 0.6) is 0 Å². The zero-order chi connectivity index (χ0) is 12.7. The first-order valence-corrected chi connectivity index (χ1v) is 5.51. The lowest BCUT2D eigenvalue weighted by molar-refractivity contribution is 0.0967. The summed E-state index contributed by atoms with van der Waals surface area (Å²) in [6.07, 6.45) is 7.09. The van der Waals surface area contributed by atoms with E-state index in [2.05, 4.69) is 11.9 Å². The first kappa shape index (κ1) is 13.0. The van der Waals surface area contributed by atoms with Gasteiger partial charge in [0.15, 0.2) is 0 Å². The van der Waals surface area contributed by atoms with Crippen LogP contribution < -0.4 is 5.32 Å². The SMILES string of the molecule is C=C/C=C\C(=C/C)NC(=O)c1ccc(C)cc1.